The first-order chi connectivity index (χ1) is 19.0. The van der Waals surface area contributed by atoms with Crippen molar-refractivity contribution >= 4 is 35.1 Å². The number of carbonyl (C=O) groups is 2. The highest BCUT2D eigenvalue weighted by atomic mass is 35.5. The average Bonchev–Trinajstić information content (AvgIpc) is 3.21. The van der Waals surface area contributed by atoms with Crippen LogP contribution < -0.4 is 16.4 Å². The number of hydrogen-bond acceptors (Lipinski definition) is 5. The molecule has 1 aliphatic heterocycles. The summed E-state index contributed by atoms with van der Waals surface area (Å²) in [6, 6.07) is 11.3. The maximum Gasteiger partial charge on any atom is 0.225 e. The Bertz CT molecular complexity index is 1310. The van der Waals surface area contributed by atoms with Crippen molar-refractivity contribution in [3.63, 3.8) is 0 Å². The highest BCUT2D eigenvalue weighted by Crippen LogP contribution is 2.66. The molecular formula is C32H42ClN5O2. The van der Waals surface area contributed by atoms with Crippen LogP contribution in [-0.2, 0) is 9.59 Å². The normalized spacial score (nSPS) is 32.6. The van der Waals surface area contributed by atoms with Gasteiger partial charge in [0.15, 0.2) is 0 Å². The van der Waals surface area contributed by atoms with Crippen molar-refractivity contribution in [2.45, 2.75) is 79.1 Å². The van der Waals surface area contributed by atoms with Gasteiger partial charge in [0.25, 0.3) is 0 Å². The summed E-state index contributed by atoms with van der Waals surface area (Å²) in [6.45, 7) is 8.58. The number of amides is 2. The lowest BCUT2D eigenvalue weighted by atomic mass is 9.49. The van der Waals surface area contributed by atoms with Crippen LogP contribution in [0.3, 0.4) is 0 Å². The van der Waals surface area contributed by atoms with Gasteiger partial charge in [-0.15, -0.1) is 0 Å². The topological polar surface area (TPSA) is 110 Å². The number of aromatic nitrogens is 2. The quantitative estimate of drug-likeness (QED) is 0.394. The molecule has 4 aliphatic rings. The van der Waals surface area contributed by atoms with Gasteiger partial charge in [0.1, 0.15) is 11.6 Å². The van der Waals surface area contributed by atoms with E-state index in [1.54, 1.807) is 6.07 Å². The molecule has 8 heteroatoms. The molecule has 6 rings (SSSR count). The first-order valence-electron chi connectivity index (χ1n) is 14.6. The van der Waals surface area contributed by atoms with Gasteiger partial charge in [0.05, 0.1) is 0 Å². The highest BCUT2D eigenvalue weighted by Gasteiger charge is 2.59. The molecule has 0 radical (unpaired) electrons. The van der Waals surface area contributed by atoms with Gasteiger partial charge < -0.3 is 16.4 Å². The predicted octanol–water partition coefficient (Wildman–Crippen LogP) is 6.52. The van der Waals surface area contributed by atoms with Crippen LogP contribution in [0.1, 0.15) is 76.6 Å². The minimum atomic E-state index is -0.0262. The van der Waals surface area contributed by atoms with Gasteiger partial charge in [-0.1, -0.05) is 37.6 Å². The molecule has 6 atom stereocenters. The minimum Gasteiger partial charge on any atom is -0.384 e. The predicted molar refractivity (Wildman–Crippen MR) is 159 cm³/mol. The van der Waals surface area contributed by atoms with Crippen LogP contribution in [0.2, 0.25) is 0 Å². The molecule has 2 aromatic rings. The number of fused-ring (bicyclic) bond motifs is 5. The number of allylic oxidation sites excluding steroid dienone is 2. The first-order valence-corrected chi connectivity index (χ1v) is 15.0. The van der Waals surface area contributed by atoms with E-state index in [4.69, 9.17) is 17.3 Å². The zero-order valence-corrected chi connectivity index (χ0v) is 24.9. The Labute approximate surface area is 242 Å². The molecular weight excluding hydrogens is 522 g/mol. The number of piperidine rings is 1. The molecule has 4 N–H and O–H groups in total. The van der Waals surface area contributed by atoms with E-state index in [1.807, 2.05) is 44.2 Å². The molecule has 3 aliphatic carbocycles. The highest BCUT2D eigenvalue weighted by molar-refractivity contribution is 6.30. The van der Waals surface area contributed by atoms with E-state index in [9.17, 15) is 9.59 Å². The van der Waals surface area contributed by atoms with Crippen molar-refractivity contribution in [1.82, 2.24) is 15.3 Å². The van der Waals surface area contributed by atoms with E-state index >= 15 is 0 Å². The van der Waals surface area contributed by atoms with Crippen LogP contribution in [0.25, 0.3) is 0 Å². The number of carbonyl (C=O) groups excluding carboxylic acids is 2. The largest absolute Gasteiger partial charge is 0.384 e. The van der Waals surface area contributed by atoms with E-state index < -0.39 is 0 Å². The SMILES string of the molecule is Cc1cccc(N)n1.Cc1cccc(NC(=O)C[C@H]2CCC3C4CC(Cl)=C5NC(=O)CC[C@]5(C)C4CC[C@@]32C)n1. The van der Waals surface area contributed by atoms with E-state index in [0.717, 1.165) is 54.2 Å². The molecule has 7 nitrogen and oxygen atoms in total. The monoisotopic (exact) mass is 563 g/mol. The lowest BCUT2D eigenvalue weighted by molar-refractivity contribution is -0.125. The van der Waals surface area contributed by atoms with Crippen LogP contribution in [-0.4, -0.2) is 21.8 Å². The van der Waals surface area contributed by atoms with E-state index in [0.29, 0.717) is 48.1 Å². The number of aryl methyl sites for hydroxylation is 2. The molecule has 3 fully saturated rings. The standard InChI is InChI=1S/C26H34ClN3O2.C6H8N2/c1-15-5-4-6-21(28-15)29-23(32)13-16-7-8-18-17-14-20(27)24-26(3,12-10-22(31)30-24)19(17)9-11-25(16,18)2;1-5-3-2-4-6(7)8-5/h4-6,16-19H,7-14H2,1-3H3,(H,30,31)(H,28,29,32);2-4H,1H3,(H2,7,8)/t16-,17?,18?,19?,25-,26-;/m1./s1. The third-order valence-electron chi connectivity index (χ3n) is 10.3. The fourth-order valence-corrected chi connectivity index (χ4v) is 8.74. The number of nitrogens with zero attached hydrogens (tertiary/aromatic N) is 2. The fraction of sp³-hybridized carbons (Fsp3) is 0.562. The molecule has 3 unspecified atom stereocenters. The summed E-state index contributed by atoms with van der Waals surface area (Å²) in [5.74, 6) is 3.47. The van der Waals surface area contributed by atoms with Crippen molar-refractivity contribution in [1.29, 1.82) is 0 Å². The number of nitrogens with two attached hydrogens (primary N) is 1. The van der Waals surface area contributed by atoms with E-state index in [2.05, 4.69) is 34.4 Å². The van der Waals surface area contributed by atoms with Crippen LogP contribution in [0, 0.1) is 48.3 Å². The van der Waals surface area contributed by atoms with Gasteiger partial charge in [-0.2, -0.15) is 0 Å². The summed E-state index contributed by atoms with van der Waals surface area (Å²) in [4.78, 5) is 33.3. The van der Waals surface area contributed by atoms with Crippen LogP contribution in [0.5, 0.6) is 0 Å². The van der Waals surface area contributed by atoms with Gasteiger partial charge in [-0.3, -0.25) is 9.59 Å². The molecule has 2 saturated carbocycles. The summed E-state index contributed by atoms with van der Waals surface area (Å²) in [5, 5.41) is 7.00. The third-order valence-corrected chi connectivity index (χ3v) is 10.7. The van der Waals surface area contributed by atoms with Gasteiger partial charge in [-0.05, 0) is 106 Å². The Balaban J connectivity index is 0.000000348. The van der Waals surface area contributed by atoms with Crippen molar-refractivity contribution in [3.05, 3.63) is 58.5 Å². The Hall–Kier alpha value is -2.93. The Morgan fingerprint density at radius 1 is 1.05 bits per heavy atom. The summed E-state index contributed by atoms with van der Waals surface area (Å²) in [6.07, 6.45) is 7.46. The lowest BCUT2D eigenvalue weighted by Crippen LogP contribution is -2.54. The van der Waals surface area contributed by atoms with Crippen molar-refractivity contribution in [3.8, 4) is 0 Å². The Kier molecular flexibility index (Phi) is 7.97. The molecule has 0 bridgehead atoms. The number of rotatable bonds is 3. The van der Waals surface area contributed by atoms with Gasteiger partial charge >= 0.3 is 0 Å². The van der Waals surface area contributed by atoms with Crippen molar-refractivity contribution < 1.29 is 9.59 Å². The third kappa shape index (κ3) is 5.50. The van der Waals surface area contributed by atoms with Gasteiger partial charge in [0.2, 0.25) is 11.8 Å². The summed E-state index contributed by atoms with van der Waals surface area (Å²) >= 11 is 6.82. The van der Waals surface area contributed by atoms with E-state index in [-0.39, 0.29) is 22.6 Å². The molecule has 214 valence electrons. The molecule has 0 aromatic carbocycles. The molecule has 1 saturated heterocycles. The van der Waals surface area contributed by atoms with Crippen LogP contribution in [0.4, 0.5) is 11.6 Å². The molecule has 0 spiro atoms. The maximum absolute atomic E-state index is 12.9. The fourth-order valence-electron chi connectivity index (χ4n) is 8.30. The minimum absolute atomic E-state index is 0.0262. The van der Waals surface area contributed by atoms with Crippen molar-refractivity contribution in [2.75, 3.05) is 11.1 Å². The average molecular weight is 564 g/mol. The maximum atomic E-state index is 12.9. The molecule has 2 amide bonds. The van der Waals surface area contributed by atoms with Gasteiger partial charge in [0, 0.05) is 40.4 Å². The number of halogens is 1. The lowest BCUT2D eigenvalue weighted by Gasteiger charge is -2.57. The summed E-state index contributed by atoms with van der Waals surface area (Å²) in [5.41, 5.74) is 8.36. The number of hydrogen-bond donors (Lipinski definition) is 3. The molecule has 3 heterocycles. The first kappa shape index (κ1) is 28.6. The Morgan fingerprint density at radius 2 is 1.77 bits per heavy atom. The molecule has 2 aromatic heterocycles. The number of nitrogen functional groups attached to an aromatic ring is 1. The second-order valence-corrected chi connectivity index (χ2v) is 13.2. The smallest absolute Gasteiger partial charge is 0.225 e. The molecule has 40 heavy (non-hydrogen) atoms. The second kappa shape index (κ2) is 11.2. The van der Waals surface area contributed by atoms with Crippen molar-refractivity contribution in [2.24, 2.45) is 34.5 Å². The Morgan fingerprint density at radius 3 is 2.45 bits per heavy atom. The van der Waals surface area contributed by atoms with Gasteiger partial charge in [-0.25, -0.2) is 9.97 Å². The number of nitrogens with one attached hydrogen (secondary N) is 2. The summed E-state index contributed by atoms with van der Waals surface area (Å²) in [7, 11) is 0. The van der Waals surface area contributed by atoms with E-state index in [1.165, 1.54) is 6.42 Å². The van der Waals surface area contributed by atoms with Crippen LogP contribution >= 0.6 is 11.6 Å². The summed E-state index contributed by atoms with van der Waals surface area (Å²) < 4.78 is 0. The van der Waals surface area contributed by atoms with Crippen LogP contribution in [0.15, 0.2) is 47.1 Å². The second-order valence-electron chi connectivity index (χ2n) is 12.8. The number of pyridine rings is 2. The number of anilines is 2. The zero-order chi connectivity index (χ0) is 28.7. The zero-order valence-electron chi connectivity index (χ0n) is 24.1.